The van der Waals surface area contributed by atoms with E-state index in [0.717, 1.165) is 43.6 Å². The van der Waals surface area contributed by atoms with Crippen molar-refractivity contribution in [2.24, 2.45) is 0 Å². The van der Waals surface area contributed by atoms with E-state index in [9.17, 15) is 59.4 Å². The topological polar surface area (TPSA) is 292 Å². The molecule has 16 nitrogen and oxygen atoms in total. The average Bonchev–Trinajstić information content (AvgIpc) is 3.65. The largest absolute Gasteiger partial charge is 3.00 e. The van der Waals surface area contributed by atoms with Crippen molar-refractivity contribution >= 4 is 79.4 Å². The summed E-state index contributed by atoms with van der Waals surface area (Å²) < 4.78 is 0. The van der Waals surface area contributed by atoms with Gasteiger partial charge in [-0.05, 0) is 57.6 Å². The number of aromatic carboxylic acids is 6. The van der Waals surface area contributed by atoms with Gasteiger partial charge in [0.1, 0.15) is 0 Å². The van der Waals surface area contributed by atoms with Crippen molar-refractivity contribution in [3.63, 3.8) is 0 Å². The Bertz CT molecular complexity index is 3350. The Morgan fingerprint density at radius 3 is 0.464 bits per heavy atom. The summed E-state index contributed by atoms with van der Waals surface area (Å²) >= 11 is 0. The number of carbonyl (C=O) groups is 6. The maximum Gasteiger partial charge on any atom is 3.00 e. The van der Waals surface area contributed by atoms with Crippen LogP contribution >= 0.6 is 0 Å². The molecule has 0 amide bonds. The van der Waals surface area contributed by atoms with Crippen LogP contribution in [0.4, 0.5) is 0 Å². The number of benzene rings is 8. The van der Waals surface area contributed by atoms with Crippen molar-refractivity contribution in [2.45, 2.75) is 0 Å². The van der Waals surface area contributed by atoms with Crippen molar-refractivity contribution in [3.05, 3.63) is 313 Å². The fourth-order valence-electron chi connectivity index (χ4n) is 6.80. The van der Waals surface area contributed by atoms with Crippen LogP contribution in [0.2, 0.25) is 0 Å². The summed E-state index contributed by atoms with van der Waals surface area (Å²) in [6, 6.07) is 72.7. The SMILES string of the molecule is O=C([O-])c1ccccc1.O=C([O-])c1ccccc1.O=C([O-])c1ccccc1.O=C([O-])c1ccccc1.O=C([O-])c1ccccc1.O=C([O-])c1ccccc1.[Eu+3].[Eu+3].c1cnc2c(c1)ccc1cccnc12.c1cnc2c(c1)ccc1cccnc12. The molecule has 0 spiro atoms. The van der Waals surface area contributed by atoms with E-state index in [2.05, 4.69) is 68.5 Å². The number of hydrogen-bond donors (Lipinski definition) is 0. The zero-order chi connectivity index (χ0) is 58.9. The third-order valence-electron chi connectivity index (χ3n) is 10.7. The number of fused-ring (bicyclic) bond motifs is 6. The number of carboxylic acid groups (broad SMARTS) is 6. The molecular formula is C66H46Eu2N4O12. The number of pyridine rings is 4. The first-order chi connectivity index (χ1) is 39.7. The standard InChI is InChI=1S/2C12H8N2.6C7H6O2.2Eu/c2*1-3-9-5-6-10-4-2-8-14-12(10)11(9)13-7-1;6*8-7(9)6-4-2-1-3-5-6;;/h2*1-8H;6*1-5H,(H,8,9);;/q;;;;;;;;2*+3/p-6. The minimum absolute atomic E-state index is 0. The van der Waals surface area contributed by atoms with E-state index in [-0.39, 0.29) is 132 Å². The molecule has 0 radical (unpaired) electrons. The summed E-state index contributed by atoms with van der Waals surface area (Å²) in [5, 5.41) is 65.1. The number of hydrogen-bond acceptors (Lipinski definition) is 16. The molecule has 0 N–H and O–H groups in total. The minimum atomic E-state index is -1.13. The van der Waals surface area contributed by atoms with Crippen LogP contribution in [0.1, 0.15) is 62.1 Å². The molecule has 18 heteroatoms. The van der Waals surface area contributed by atoms with Crippen LogP contribution in [-0.2, 0) is 0 Å². The van der Waals surface area contributed by atoms with Gasteiger partial charge in [0.2, 0.25) is 0 Å². The van der Waals surface area contributed by atoms with Gasteiger partial charge in [-0.3, -0.25) is 19.9 Å². The van der Waals surface area contributed by atoms with Crippen LogP contribution in [0.15, 0.2) is 280 Å². The van der Waals surface area contributed by atoms with Crippen molar-refractivity contribution in [3.8, 4) is 0 Å². The number of rotatable bonds is 6. The fourth-order valence-corrected chi connectivity index (χ4v) is 6.80. The first-order valence-electron chi connectivity index (χ1n) is 24.5. The Hall–Kier alpha value is -8.61. The van der Waals surface area contributed by atoms with Crippen LogP contribution < -0.4 is 30.6 Å². The van der Waals surface area contributed by atoms with Gasteiger partial charge in [0.05, 0.1) is 57.9 Å². The van der Waals surface area contributed by atoms with Crippen LogP contribution in [0.3, 0.4) is 0 Å². The summed E-state index contributed by atoms with van der Waals surface area (Å²) in [6.07, 6.45) is 7.21. The molecule has 0 bridgehead atoms. The van der Waals surface area contributed by atoms with E-state index in [1.807, 2.05) is 24.3 Å². The summed E-state index contributed by atoms with van der Waals surface area (Å²) in [5.41, 5.74) is 5.23. The molecule has 12 rings (SSSR count). The molecule has 8 aromatic carbocycles. The average molecular weight is 1390 g/mol. The maximum atomic E-state index is 10.1. The van der Waals surface area contributed by atoms with Gasteiger partial charge in [-0.15, -0.1) is 0 Å². The minimum Gasteiger partial charge on any atom is -0.545 e. The number of carbonyl (C=O) groups excluding carboxylic acids is 6. The van der Waals surface area contributed by atoms with Gasteiger partial charge in [-0.1, -0.05) is 231 Å². The predicted octanol–water partition coefficient (Wildman–Crippen LogP) is 5.87. The van der Waals surface area contributed by atoms with Gasteiger partial charge in [0.25, 0.3) is 0 Å². The van der Waals surface area contributed by atoms with Crippen molar-refractivity contribution in [1.82, 2.24) is 19.9 Å². The van der Waals surface area contributed by atoms with Gasteiger partial charge in [0, 0.05) is 46.3 Å². The molecule has 0 fully saturated rings. The number of aromatic nitrogens is 4. The zero-order valence-electron chi connectivity index (χ0n) is 44.0. The molecule has 0 unspecified atom stereocenters. The second-order valence-corrected chi connectivity index (χ2v) is 16.4. The molecule has 4 aromatic heterocycles. The van der Waals surface area contributed by atoms with E-state index in [1.54, 1.807) is 134 Å². The molecule has 0 aliphatic rings. The van der Waals surface area contributed by atoms with Gasteiger partial charge in [0.15, 0.2) is 0 Å². The summed E-state index contributed by atoms with van der Waals surface area (Å²) in [5.74, 6) is -6.77. The quantitative estimate of drug-likeness (QED) is 0.176. The van der Waals surface area contributed by atoms with E-state index < -0.39 is 35.8 Å². The second kappa shape index (κ2) is 39.0. The monoisotopic (exact) mass is 1390 g/mol. The smallest absolute Gasteiger partial charge is 0.545 e. The molecule has 0 saturated heterocycles. The van der Waals surface area contributed by atoms with Crippen molar-refractivity contribution in [1.29, 1.82) is 0 Å². The first kappa shape index (κ1) is 69.7. The van der Waals surface area contributed by atoms with Gasteiger partial charge in [-0.25, -0.2) is 0 Å². The Balaban J connectivity index is 0.000000253. The fraction of sp³-hybridized carbons (Fsp3) is 0. The van der Waals surface area contributed by atoms with E-state index in [1.165, 1.54) is 72.8 Å². The Kier molecular flexibility index (Phi) is 32.3. The van der Waals surface area contributed by atoms with Crippen molar-refractivity contribution in [2.75, 3.05) is 0 Å². The third-order valence-corrected chi connectivity index (χ3v) is 10.7. The maximum absolute atomic E-state index is 10.1. The zero-order valence-corrected chi connectivity index (χ0v) is 48.9. The van der Waals surface area contributed by atoms with Gasteiger partial charge >= 0.3 is 98.8 Å². The Morgan fingerprint density at radius 1 is 0.202 bits per heavy atom. The number of nitrogens with zero attached hydrogens (tertiary/aromatic N) is 4. The van der Waals surface area contributed by atoms with Crippen LogP contribution in [0.5, 0.6) is 0 Å². The molecular weight excluding hydrogens is 1340 g/mol. The molecule has 0 saturated carbocycles. The molecule has 0 atom stereocenters. The number of carboxylic acids is 6. The molecule has 4 heterocycles. The second-order valence-electron chi connectivity index (χ2n) is 16.4. The molecule has 0 aliphatic heterocycles. The van der Waals surface area contributed by atoms with Crippen LogP contribution in [0.25, 0.3) is 43.6 Å². The van der Waals surface area contributed by atoms with Crippen LogP contribution in [-0.4, -0.2) is 55.8 Å². The summed E-state index contributed by atoms with van der Waals surface area (Å²) in [6.45, 7) is 0. The third kappa shape index (κ3) is 24.5. The molecule has 416 valence electrons. The van der Waals surface area contributed by atoms with E-state index in [0.29, 0.717) is 0 Å². The van der Waals surface area contributed by atoms with E-state index in [4.69, 9.17) is 0 Å². The Labute approximate surface area is 563 Å². The predicted molar refractivity (Wildman–Crippen MR) is 299 cm³/mol. The first-order valence-corrected chi connectivity index (χ1v) is 24.5. The van der Waals surface area contributed by atoms with Gasteiger partial charge < -0.3 is 59.4 Å². The van der Waals surface area contributed by atoms with E-state index >= 15 is 0 Å². The van der Waals surface area contributed by atoms with Crippen LogP contribution in [0, 0.1) is 98.8 Å². The van der Waals surface area contributed by atoms with Gasteiger partial charge in [-0.2, -0.15) is 0 Å². The molecule has 0 aliphatic carbocycles. The molecule has 12 aromatic rings. The molecule has 84 heavy (non-hydrogen) atoms. The summed E-state index contributed by atoms with van der Waals surface area (Å²) in [4.78, 5) is 77.9. The normalized spacial score (nSPS) is 9.33. The summed E-state index contributed by atoms with van der Waals surface area (Å²) in [7, 11) is 0. The Morgan fingerprint density at radius 2 is 0.345 bits per heavy atom. The van der Waals surface area contributed by atoms with Crippen molar-refractivity contribution < 1.29 is 158 Å².